The lowest BCUT2D eigenvalue weighted by Crippen LogP contribution is -2.38. The van der Waals surface area contributed by atoms with Crippen LogP contribution in [-0.2, 0) is 16.8 Å². The second-order valence-electron chi connectivity index (χ2n) is 5.12. The highest BCUT2D eigenvalue weighted by atomic mass is 79.9. The van der Waals surface area contributed by atoms with Crippen LogP contribution in [0.4, 0.5) is 0 Å². The minimum atomic E-state index is -1.02. The Bertz CT molecular complexity index is 596. The van der Waals surface area contributed by atoms with Gasteiger partial charge in [0, 0.05) is 15.8 Å². The first kappa shape index (κ1) is 16.2. The molecule has 0 aliphatic carbocycles. The average Bonchev–Trinajstić information content (AvgIpc) is 2.99. The molecule has 0 aliphatic rings. The van der Waals surface area contributed by atoms with E-state index in [9.17, 15) is 9.90 Å². The van der Waals surface area contributed by atoms with E-state index < -0.39 is 5.60 Å². The Morgan fingerprint density at radius 2 is 2.10 bits per heavy atom. The van der Waals surface area contributed by atoms with Gasteiger partial charge in [-0.1, -0.05) is 40.2 Å². The molecule has 1 amide bonds. The second kappa shape index (κ2) is 7.20. The number of thiophene rings is 1. The predicted molar refractivity (Wildman–Crippen MR) is 89.4 cm³/mol. The molecule has 0 aliphatic heterocycles. The molecule has 21 heavy (non-hydrogen) atoms. The predicted octanol–water partition coefficient (Wildman–Crippen LogP) is 3.47. The minimum absolute atomic E-state index is 0.0532. The molecule has 2 N–H and O–H groups in total. The van der Waals surface area contributed by atoms with Crippen molar-refractivity contribution in [2.24, 2.45) is 0 Å². The molecule has 0 bridgehead atoms. The zero-order chi connectivity index (χ0) is 15.3. The highest BCUT2D eigenvalue weighted by Gasteiger charge is 2.24. The van der Waals surface area contributed by atoms with Gasteiger partial charge in [0.25, 0.3) is 0 Å². The van der Waals surface area contributed by atoms with Gasteiger partial charge in [0.15, 0.2) is 0 Å². The molecule has 1 heterocycles. The lowest BCUT2D eigenvalue weighted by atomic mass is 10.0. The highest BCUT2D eigenvalue weighted by Crippen LogP contribution is 2.24. The lowest BCUT2D eigenvalue weighted by molar-refractivity contribution is -0.122. The summed E-state index contributed by atoms with van der Waals surface area (Å²) < 4.78 is 1.02. The average molecular weight is 368 g/mol. The molecule has 112 valence electrons. The smallest absolute Gasteiger partial charge is 0.220 e. The lowest BCUT2D eigenvalue weighted by Gasteiger charge is -2.22. The fourth-order valence-corrected chi connectivity index (χ4v) is 3.25. The number of rotatable bonds is 6. The molecule has 0 saturated carbocycles. The molecule has 0 radical (unpaired) electrons. The molecule has 1 atom stereocenters. The molecule has 3 nitrogen and oxygen atoms in total. The van der Waals surface area contributed by atoms with E-state index in [1.165, 1.54) is 11.3 Å². The van der Waals surface area contributed by atoms with Crippen LogP contribution in [0.1, 0.15) is 23.8 Å². The van der Waals surface area contributed by atoms with Crippen molar-refractivity contribution in [1.82, 2.24) is 5.32 Å². The Labute approximate surface area is 137 Å². The van der Waals surface area contributed by atoms with Gasteiger partial charge in [-0.05, 0) is 36.4 Å². The molecule has 1 aromatic heterocycles. The molecular formula is C16H18BrNO2S. The Morgan fingerprint density at radius 1 is 1.33 bits per heavy atom. The Balaban J connectivity index is 1.82. The Kier molecular flexibility index (Phi) is 5.56. The summed E-state index contributed by atoms with van der Waals surface area (Å²) in [6.07, 6.45) is 1.08. The van der Waals surface area contributed by atoms with Crippen LogP contribution in [0.25, 0.3) is 0 Å². The summed E-state index contributed by atoms with van der Waals surface area (Å²) in [7, 11) is 0. The molecule has 0 spiro atoms. The summed E-state index contributed by atoms with van der Waals surface area (Å²) >= 11 is 4.96. The van der Waals surface area contributed by atoms with Crippen molar-refractivity contribution < 1.29 is 9.90 Å². The van der Waals surface area contributed by atoms with Gasteiger partial charge in [-0.25, -0.2) is 0 Å². The van der Waals surface area contributed by atoms with E-state index in [4.69, 9.17) is 0 Å². The normalized spacial score (nSPS) is 13.7. The van der Waals surface area contributed by atoms with Crippen molar-refractivity contribution in [2.75, 3.05) is 6.54 Å². The van der Waals surface area contributed by atoms with Crippen LogP contribution in [-0.4, -0.2) is 17.6 Å². The summed E-state index contributed by atoms with van der Waals surface area (Å²) in [6.45, 7) is 1.94. The summed E-state index contributed by atoms with van der Waals surface area (Å²) in [4.78, 5) is 12.8. The minimum Gasteiger partial charge on any atom is -0.383 e. The molecule has 1 aromatic carbocycles. The first-order valence-corrected chi connectivity index (χ1v) is 8.43. The van der Waals surface area contributed by atoms with Crippen molar-refractivity contribution in [2.45, 2.75) is 25.4 Å². The zero-order valence-corrected chi connectivity index (χ0v) is 14.2. The van der Waals surface area contributed by atoms with Gasteiger partial charge in [0.05, 0.1) is 6.54 Å². The highest BCUT2D eigenvalue weighted by molar-refractivity contribution is 9.10. The first-order chi connectivity index (χ1) is 9.99. The third-order valence-electron chi connectivity index (χ3n) is 3.26. The van der Waals surface area contributed by atoms with Crippen LogP contribution in [0.3, 0.4) is 0 Å². The maximum Gasteiger partial charge on any atom is 0.220 e. The Hall–Kier alpha value is -1.17. The van der Waals surface area contributed by atoms with Gasteiger partial charge in [-0.15, -0.1) is 11.3 Å². The van der Waals surface area contributed by atoms with Crippen LogP contribution in [0.15, 0.2) is 46.3 Å². The third kappa shape index (κ3) is 4.66. The van der Waals surface area contributed by atoms with E-state index in [0.29, 0.717) is 12.8 Å². The van der Waals surface area contributed by atoms with E-state index >= 15 is 0 Å². The fraction of sp³-hybridized carbons (Fsp3) is 0.312. The van der Waals surface area contributed by atoms with E-state index in [-0.39, 0.29) is 12.5 Å². The molecule has 2 aromatic rings. The van der Waals surface area contributed by atoms with Crippen LogP contribution in [0.5, 0.6) is 0 Å². The summed E-state index contributed by atoms with van der Waals surface area (Å²) in [6, 6.07) is 11.6. The maximum atomic E-state index is 11.9. The van der Waals surface area contributed by atoms with Gasteiger partial charge in [0.1, 0.15) is 5.60 Å². The van der Waals surface area contributed by atoms with Crippen LogP contribution < -0.4 is 5.32 Å². The van der Waals surface area contributed by atoms with E-state index in [1.807, 2.05) is 41.8 Å². The number of carbonyl (C=O) groups excluding carboxylic acids is 1. The molecule has 0 fully saturated rings. The van der Waals surface area contributed by atoms with Crippen molar-refractivity contribution >= 4 is 33.2 Å². The fourth-order valence-electron chi connectivity index (χ4n) is 1.98. The van der Waals surface area contributed by atoms with Crippen LogP contribution in [0.2, 0.25) is 0 Å². The second-order valence-corrected chi connectivity index (χ2v) is 6.92. The van der Waals surface area contributed by atoms with Gasteiger partial charge in [-0.3, -0.25) is 4.79 Å². The van der Waals surface area contributed by atoms with Crippen LogP contribution in [0, 0.1) is 0 Å². The molecule has 5 heteroatoms. The van der Waals surface area contributed by atoms with Gasteiger partial charge in [-0.2, -0.15) is 0 Å². The van der Waals surface area contributed by atoms with Gasteiger partial charge < -0.3 is 10.4 Å². The number of carbonyl (C=O) groups is 1. The number of halogens is 1. The van der Waals surface area contributed by atoms with Crippen molar-refractivity contribution in [3.8, 4) is 0 Å². The summed E-state index contributed by atoms with van der Waals surface area (Å²) in [5.41, 5.74) is 0.0922. The number of nitrogens with one attached hydrogen (secondary N) is 1. The number of aryl methyl sites for hydroxylation is 1. The summed E-state index contributed by atoms with van der Waals surface area (Å²) in [5, 5.41) is 15.1. The molecule has 1 unspecified atom stereocenters. The SMILES string of the molecule is CC(O)(CNC(=O)CCc1ccccc1Br)c1cccs1. The molecular weight excluding hydrogens is 350 g/mol. The van der Waals surface area contributed by atoms with Gasteiger partial charge in [0.2, 0.25) is 5.91 Å². The number of aliphatic hydroxyl groups is 1. The molecule has 2 rings (SSSR count). The standard InChI is InChI=1S/C16H18BrNO2S/c1-16(20,14-7-4-10-21-14)11-18-15(19)9-8-12-5-2-3-6-13(12)17/h2-7,10,20H,8-9,11H2,1H3,(H,18,19). The van der Waals surface area contributed by atoms with Crippen molar-refractivity contribution in [3.63, 3.8) is 0 Å². The number of hydrogen-bond acceptors (Lipinski definition) is 3. The van der Waals surface area contributed by atoms with Crippen LogP contribution >= 0.6 is 27.3 Å². The summed E-state index contributed by atoms with van der Waals surface area (Å²) in [5.74, 6) is -0.0532. The van der Waals surface area contributed by atoms with E-state index in [1.54, 1.807) is 6.92 Å². The quantitative estimate of drug-likeness (QED) is 0.820. The first-order valence-electron chi connectivity index (χ1n) is 6.75. The number of hydrogen-bond donors (Lipinski definition) is 2. The van der Waals surface area contributed by atoms with E-state index in [2.05, 4.69) is 21.2 Å². The Morgan fingerprint density at radius 3 is 2.76 bits per heavy atom. The zero-order valence-electron chi connectivity index (χ0n) is 11.8. The van der Waals surface area contributed by atoms with Gasteiger partial charge >= 0.3 is 0 Å². The molecule has 0 saturated heterocycles. The monoisotopic (exact) mass is 367 g/mol. The van der Waals surface area contributed by atoms with Crippen molar-refractivity contribution in [1.29, 1.82) is 0 Å². The van der Waals surface area contributed by atoms with E-state index in [0.717, 1.165) is 14.9 Å². The number of benzene rings is 1. The largest absolute Gasteiger partial charge is 0.383 e. The van der Waals surface area contributed by atoms with Crippen molar-refractivity contribution in [3.05, 3.63) is 56.7 Å². The number of amides is 1. The third-order valence-corrected chi connectivity index (χ3v) is 5.16. The topological polar surface area (TPSA) is 49.3 Å². The maximum absolute atomic E-state index is 11.9.